The highest BCUT2D eigenvalue weighted by molar-refractivity contribution is 4.86. The Morgan fingerprint density at radius 3 is 2.50 bits per heavy atom. The SMILES string of the molecule is CCCNCC1(OCCCC(C)C)CCCCC1. The van der Waals surface area contributed by atoms with E-state index < -0.39 is 0 Å². The number of rotatable bonds is 9. The van der Waals surface area contributed by atoms with Gasteiger partial charge in [0.1, 0.15) is 0 Å². The summed E-state index contributed by atoms with van der Waals surface area (Å²) >= 11 is 0. The molecule has 0 aromatic heterocycles. The molecule has 1 rings (SSSR count). The number of hydrogen-bond donors (Lipinski definition) is 1. The van der Waals surface area contributed by atoms with E-state index in [1.807, 2.05) is 0 Å². The second-order valence-electron chi connectivity index (χ2n) is 6.30. The van der Waals surface area contributed by atoms with Crippen molar-refractivity contribution < 1.29 is 4.74 Å². The van der Waals surface area contributed by atoms with E-state index >= 15 is 0 Å². The normalized spacial score (nSPS) is 19.3. The fourth-order valence-corrected chi connectivity index (χ4v) is 2.84. The van der Waals surface area contributed by atoms with E-state index in [0.29, 0.717) is 0 Å². The van der Waals surface area contributed by atoms with Crippen molar-refractivity contribution in [1.29, 1.82) is 0 Å². The lowest BCUT2D eigenvalue weighted by Crippen LogP contribution is -2.45. The summed E-state index contributed by atoms with van der Waals surface area (Å²) in [6.45, 7) is 9.94. The Morgan fingerprint density at radius 2 is 1.89 bits per heavy atom. The Hall–Kier alpha value is -0.0800. The molecular formula is C16H33NO. The highest BCUT2D eigenvalue weighted by Crippen LogP contribution is 2.31. The molecule has 0 aromatic carbocycles. The molecule has 108 valence electrons. The summed E-state index contributed by atoms with van der Waals surface area (Å²) < 4.78 is 6.31. The predicted octanol–water partition coefficient (Wildman–Crippen LogP) is 4.14. The van der Waals surface area contributed by atoms with E-state index in [1.165, 1.54) is 51.4 Å². The maximum absolute atomic E-state index is 6.31. The highest BCUT2D eigenvalue weighted by Gasteiger charge is 2.32. The van der Waals surface area contributed by atoms with Crippen LogP contribution in [-0.2, 0) is 4.74 Å². The fourth-order valence-electron chi connectivity index (χ4n) is 2.84. The maximum Gasteiger partial charge on any atom is 0.0806 e. The Balaban J connectivity index is 2.29. The van der Waals surface area contributed by atoms with Gasteiger partial charge in [-0.25, -0.2) is 0 Å². The Bertz CT molecular complexity index is 197. The average molecular weight is 255 g/mol. The second-order valence-corrected chi connectivity index (χ2v) is 6.30. The third-order valence-electron chi connectivity index (χ3n) is 3.97. The molecule has 1 N–H and O–H groups in total. The van der Waals surface area contributed by atoms with Gasteiger partial charge >= 0.3 is 0 Å². The first-order chi connectivity index (χ1) is 8.68. The minimum atomic E-state index is 0.157. The predicted molar refractivity (Wildman–Crippen MR) is 79.0 cm³/mol. The number of nitrogens with one attached hydrogen (secondary N) is 1. The monoisotopic (exact) mass is 255 g/mol. The molecule has 0 heterocycles. The molecule has 0 radical (unpaired) electrons. The first-order valence-electron chi connectivity index (χ1n) is 8.03. The van der Waals surface area contributed by atoms with Crippen molar-refractivity contribution in [2.24, 2.45) is 5.92 Å². The largest absolute Gasteiger partial charge is 0.374 e. The van der Waals surface area contributed by atoms with E-state index in [0.717, 1.165) is 25.6 Å². The summed E-state index contributed by atoms with van der Waals surface area (Å²) in [6.07, 6.45) is 10.3. The molecule has 0 aromatic rings. The van der Waals surface area contributed by atoms with Crippen LogP contribution in [0.15, 0.2) is 0 Å². The van der Waals surface area contributed by atoms with Crippen LogP contribution in [0.3, 0.4) is 0 Å². The van der Waals surface area contributed by atoms with E-state index in [2.05, 4.69) is 26.1 Å². The van der Waals surface area contributed by atoms with Crippen molar-refractivity contribution in [3.05, 3.63) is 0 Å². The van der Waals surface area contributed by atoms with Gasteiger partial charge in [-0.15, -0.1) is 0 Å². The maximum atomic E-state index is 6.31. The summed E-state index contributed by atoms with van der Waals surface area (Å²) in [5.74, 6) is 0.800. The smallest absolute Gasteiger partial charge is 0.0806 e. The zero-order valence-corrected chi connectivity index (χ0v) is 12.8. The first-order valence-corrected chi connectivity index (χ1v) is 8.03. The molecule has 1 fully saturated rings. The zero-order chi connectivity index (χ0) is 13.3. The summed E-state index contributed by atoms with van der Waals surface area (Å²) in [5.41, 5.74) is 0.157. The van der Waals surface area contributed by atoms with Gasteiger partial charge in [0.2, 0.25) is 0 Å². The molecular weight excluding hydrogens is 222 g/mol. The highest BCUT2D eigenvalue weighted by atomic mass is 16.5. The molecule has 0 aliphatic heterocycles. The van der Waals surface area contributed by atoms with Gasteiger partial charge in [-0.3, -0.25) is 0 Å². The van der Waals surface area contributed by atoms with Gasteiger partial charge in [0.05, 0.1) is 5.60 Å². The molecule has 2 heteroatoms. The van der Waals surface area contributed by atoms with E-state index in [9.17, 15) is 0 Å². The van der Waals surface area contributed by atoms with Gasteiger partial charge in [-0.05, 0) is 44.6 Å². The van der Waals surface area contributed by atoms with Gasteiger partial charge in [0.25, 0.3) is 0 Å². The lowest BCUT2D eigenvalue weighted by Gasteiger charge is -2.37. The van der Waals surface area contributed by atoms with Crippen LogP contribution >= 0.6 is 0 Å². The summed E-state index contributed by atoms with van der Waals surface area (Å²) in [5, 5.41) is 3.57. The van der Waals surface area contributed by atoms with Crippen molar-refractivity contribution >= 4 is 0 Å². The van der Waals surface area contributed by atoms with Gasteiger partial charge in [0.15, 0.2) is 0 Å². The van der Waals surface area contributed by atoms with Crippen LogP contribution in [0.25, 0.3) is 0 Å². The van der Waals surface area contributed by atoms with Gasteiger partial charge in [-0.2, -0.15) is 0 Å². The minimum absolute atomic E-state index is 0.157. The van der Waals surface area contributed by atoms with E-state index in [4.69, 9.17) is 4.74 Å². The molecule has 0 bridgehead atoms. The van der Waals surface area contributed by atoms with Crippen molar-refractivity contribution in [3.63, 3.8) is 0 Å². The Labute approximate surface area is 114 Å². The van der Waals surface area contributed by atoms with Crippen LogP contribution in [0, 0.1) is 5.92 Å². The van der Waals surface area contributed by atoms with E-state index in [-0.39, 0.29) is 5.60 Å². The third-order valence-corrected chi connectivity index (χ3v) is 3.97. The van der Waals surface area contributed by atoms with Crippen molar-refractivity contribution in [1.82, 2.24) is 5.32 Å². The molecule has 0 saturated heterocycles. The summed E-state index contributed by atoms with van der Waals surface area (Å²) in [6, 6.07) is 0. The van der Waals surface area contributed by atoms with Crippen LogP contribution in [0.1, 0.15) is 72.1 Å². The topological polar surface area (TPSA) is 21.3 Å². The molecule has 0 unspecified atom stereocenters. The molecule has 0 amide bonds. The molecule has 18 heavy (non-hydrogen) atoms. The zero-order valence-electron chi connectivity index (χ0n) is 12.8. The second kappa shape index (κ2) is 8.92. The molecule has 1 aliphatic rings. The number of ether oxygens (including phenoxy) is 1. The summed E-state index contributed by atoms with van der Waals surface area (Å²) in [7, 11) is 0. The molecule has 1 aliphatic carbocycles. The van der Waals surface area contributed by atoms with Crippen LogP contribution in [-0.4, -0.2) is 25.3 Å². The van der Waals surface area contributed by atoms with Crippen LogP contribution < -0.4 is 5.32 Å². The quantitative estimate of drug-likeness (QED) is 0.625. The van der Waals surface area contributed by atoms with Gasteiger partial charge in [0, 0.05) is 13.2 Å². The average Bonchev–Trinajstić information content (AvgIpc) is 2.36. The molecule has 2 nitrogen and oxygen atoms in total. The lowest BCUT2D eigenvalue weighted by atomic mass is 9.84. The Morgan fingerprint density at radius 1 is 1.17 bits per heavy atom. The lowest BCUT2D eigenvalue weighted by molar-refractivity contribution is -0.0700. The standard InChI is InChI=1S/C16H33NO/c1-4-12-17-14-16(10-6-5-7-11-16)18-13-8-9-15(2)3/h15,17H,4-14H2,1-3H3. The van der Waals surface area contributed by atoms with Crippen LogP contribution in [0.4, 0.5) is 0 Å². The van der Waals surface area contributed by atoms with Crippen LogP contribution in [0.5, 0.6) is 0 Å². The summed E-state index contributed by atoms with van der Waals surface area (Å²) in [4.78, 5) is 0. The van der Waals surface area contributed by atoms with Crippen molar-refractivity contribution in [2.75, 3.05) is 19.7 Å². The third kappa shape index (κ3) is 6.19. The fraction of sp³-hybridized carbons (Fsp3) is 1.00. The Kier molecular flexibility index (Phi) is 7.92. The molecule has 1 saturated carbocycles. The first kappa shape index (κ1) is 16.0. The number of hydrogen-bond acceptors (Lipinski definition) is 2. The van der Waals surface area contributed by atoms with Crippen LogP contribution in [0.2, 0.25) is 0 Å². The van der Waals surface area contributed by atoms with Crippen molar-refractivity contribution in [3.8, 4) is 0 Å². The van der Waals surface area contributed by atoms with Gasteiger partial charge < -0.3 is 10.1 Å². The van der Waals surface area contributed by atoms with E-state index in [1.54, 1.807) is 0 Å². The minimum Gasteiger partial charge on any atom is -0.374 e. The molecule has 0 spiro atoms. The van der Waals surface area contributed by atoms with Crippen molar-refractivity contribution in [2.45, 2.75) is 77.7 Å². The van der Waals surface area contributed by atoms with Gasteiger partial charge in [-0.1, -0.05) is 40.0 Å². The molecule has 0 atom stereocenters.